The van der Waals surface area contributed by atoms with Crippen LogP contribution in [-0.4, -0.2) is 20.1 Å². The van der Waals surface area contributed by atoms with Crippen molar-refractivity contribution >= 4 is 5.69 Å². The Balaban J connectivity index is 2.25. The van der Waals surface area contributed by atoms with Gasteiger partial charge in [0.2, 0.25) is 0 Å². The highest BCUT2D eigenvalue weighted by Gasteiger charge is 2.34. The Morgan fingerprint density at radius 1 is 1.28 bits per heavy atom. The third-order valence-corrected chi connectivity index (χ3v) is 3.07. The van der Waals surface area contributed by atoms with Gasteiger partial charge in [-0.25, -0.2) is 0 Å². The molecule has 1 N–H and O–H groups in total. The van der Waals surface area contributed by atoms with Crippen LogP contribution in [0.15, 0.2) is 18.2 Å². The largest absolute Gasteiger partial charge is 0.416 e. The molecule has 1 aromatic rings. The number of hydrogen-bond acceptors (Lipinski definition) is 2. The van der Waals surface area contributed by atoms with Gasteiger partial charge in [-0.1, -0.05) is 6.07 Å². The van der Waals surface area contributed by atoms with E-state index in [9.17, 15) is 13.2 Å². The van der Waals surface area contributed by atoms with Gasteiger partial charge in [-0.3, -0.25) is 0 Å². The highest BCUT2D eigenvalue weighted by atomic mass is 19.4. The van der Waals surface area contributed by atoms with Crippen LogP contribution in [0.2, 0.25) is 0 Å². The molecular weight excluding hydrogens is 241 g/mol. The molecule has 1 saturated carbocycles. The Hall–Kier alpha value is -1.23. The second-order valence-corrected chi connectivity index (χ2v) is 4.89. The molecule has 1 aromatic carbocycles. The minimum Gasteiger partial charge on any atom is -0.378 e. The zero-order valence-corrected chi connectivity index (χ0v) is 10.5. The first-order valence-electron chi connectivity index (χ1n) is 5.99. The Kier molecular flexibility index (Phi) is 3.52. The molecule has 0 aromatic heterocycles. The van der Waals surface area contributed by atoms with E-state index in [0.29, 0.717) is 17.3 Å². The van der Waals surface area contributed by atoms with Crippen molar-refractivity contribution in [3.8, 4) is 0 Å². The highest BCUT2D eigenvalue weighted by Crippen LogP contribution is 2.34. The van der Waals surface area contributed by atoms with Crippen molar-refractivity contribution in [2.45, 2.75) is 31.6 Å². The van der Waals surface area contributed by atoms with E-state index in [1.807, 2.05) is 0 Å². The van der Waals surface area contributed by atoms with E-state index < -0.39 is 11.7 Å². The first-order chi connectivity index (χ1) is 8.38. The van der Waals surface area contributed by atoms with E-state index in [4.69, 9.17) is 0 Å². The van der Waals surface area contributed by atoms with E-state index in [-0.39, 0.29) is 6.54 Å². The zero-order chi connectivity index (χ0) is 13.3. The molecule has 0 bridgehead atoms. The topological polar surface area (TPSA) is 15.3 Å². The van der Waals surface area contributed by atoms with E-state index >= 15 is 0 Å². The fraction of sp³-hybridized carbons (Fsp3) is 0.538. The molecule has 0 amide bonds. The van der Waals surface area contributed by atoms with Crippen molar-refractivity contribution in [1.82, 2.24) is 5.32 Å². The Labute approximate surface area is 105 Å². The molecule has 1 aliphatic carbocycles. The molecule has 5 heteroatoms. The predicted octanol–water partition coefficient (Wildman–Crippen LogP) is 3.02. The summed E-state index contributed by atoms with van der Waals surface area (Å²) < 4.78 is 39.0. The number of rotatable bonds is 4. The Morgan fingerprint density at radius 2 is 1.94 bits per heavy atom. The Bertz CT molecular complexity index is 423. The van der Waals surface area contributed by atoms with Crippen molar-refractivity contribution in [1.29, 1.82) is 0 Å². The van der Waals surface area contributed by atoms with Gasteiger partial charge >= 0.3 is 6.18 Å². The van der Waals surface area contributed by atoms with Crippen LogP contribution in [0, 0.1) is 0 Å². The maximum Gasteiger partial charge on any atom is 0.416 e. The number of alkyl halides is 3. The molecule has 1 fully saturated rings. The molecule has 1 aliphatic rings. The highest BCUT2D eigenvalue weighted by molar-refractivity contribution is 5.50. The average molecular weight is 258 g/mol. The van der Waals surface area contributed by atoms with Crippen molar-refractivity contribution in [2.75, 3.05) is 19.0 Å². The van der Waals surface area contributed by atoms with Gasteiger partial charge < -0.3 is 10.2 Å². The molecule has 0 aliphatic heterocycles. The second kappa shape index (κ2) is 4.80. The zero-order valence-electron chi connectivity index (χ0n) is 10.5. The van der Waals surface area contributed by atoms with Gasteiger partial charge in [0.1, 0.15) is 0 Å². The first kappa shape index (κ1) is 13.2. The van der Waals surface area contributed by atoms with Crippen LogP contribution < -0.4 is 10.2 Å². The summed E-state index contributed by atoms with van der Waals surface area (Å²) in [6.45, 7) is 0.285. The normalized spacial score (nSPS) is 15.8. The fourth-order valence-corrected chi connectivity index (χ4v) is 1.80. The predicted molar refractivity (Wildman–Crippen MR) is 65.6 cm³/mol. The van der Waals surface area contributed by atoms with Crippen LogP contribution >= 0.6 is 0 Å². The summed E-state index contributed by atoms with van der Waals surface area (Å²) in [5.74, 6) is 0. The third kappa shape index (κ3) is 3.16. The van der Waals surface area contributed by atoms with Crippen molar-refractivity contribution in [3.63, 3.8) is 0 Å². The van der Waals surface area contributed by atoms with E-state index in [1.165, 1.54) is 6.07 Å². The van der Waals surface area contributed by atoms with Crippen LogP contribution in [0.1, 0.15) is 24.0 Å². The number of anilines is 1. The van der Waals surface area contributed by atoms with Gasteiger partial charge in [0.15, 0.2) is 0 Å². The van der Waals surface area contributed by atoms with Gasteiger partial charge in [-0.15, -0.1) is 0 Å². The molecule has 0 saturated heterocycles. The molecular formula is C13H17F3N2. The van der Waals surface area contributed by atoms with Crippen molar-refractivity contribution in [3.05, 3.63) is 29.3 Å². The van der Waals surface area contributed by atoms with Crippen LogP contribution in [0.25, 0.3) is 0 Å². The molecule has 0 spiro atoms. The van der Waals surface area contributed by atoms with Crippen LogP contribution in [-0.2, 0) is 12.7 Å². The number of nitrogens with zero attached hydrogens (tertiary/aromatic N) is 1. The lowest BCUT2D eigenvalue weighted by atomic mass is 10.1. The molecule has 0 atom stereocenters. The van der Waals surface area contributed by atoms with E-state index in [2.05, 4.69) is 5.32 Å². The lowest BCUT2D eigenvalue weighted by molar-refractivity contribution is -0.138. The number of nitrogens with one attached hydrogen (secondary N) is 1. The molecule has 0 unspecified atom stereocenters. The molecule has 18 heavy (non-hydrogen) atoms. The average Bonchev–Trinajstić information content (AvgIpc) is 3.08. The number of benzene rings is 1. The Morgan fingerprint density at radius 3 is 2.44 bits per heavy atom. The van der Waals surface area contributed by atoms with Crippen molar-refractivity contribution in [2.24, 2.45) is 0 Å². The smallest absolute Gasteiger partial charge is 0.378 e. The van der Waals surface area contributed by atoms with Crippen molar-refractivity contribution < 1.29 is 13.2 Å². The summed E-state index contributed by atoms with van der Waals surface area (Å²) in [7, 11) is 3.47. The lowest BCUT2D eigenvalue weighted by Crippen LogP contribution is -2.20. The van der Waals surface area contributed by atoms with Gasteiger partial charge in [-0.2, -0.15) is 13.2 Å². The summed E-state index contributed by atoms with van der Waals surface area (Å²) >= 11 is 0. The van der Waals surface area contributed by atoms with E-state index in [1.54, 1.807) is 31.1 Å². The van der Waals surface area contributed by atoms with Crippen LogP contribution in [0.4, 0.5) is 18.9 Å². The standard InChI is InChI=1S/C13H17F3N2/c1-18(2)11-6-3-9(8-17-10-4-5-10)12(7-11)13(14,15)16/h3,6-7,10,17H,4-5,8H2,1-2H3. The summed E-state index contributed by atoms with van der Waals surface area (Å²) in [4.78, 5) is 1.67. The second-order valence-electron chi connectivity index (χ2n) is 4.89. The summed E-state index contributed by atoms with van der Waals surface area (Å²) in [5, 5.41) is 3.12. The van der Waals surface area contributed by atoms with Gasteiger partial charge in [0, 0.05) is 32.4 Å². The minimum absolute atomic E-state index is 0.285. The van der Waals surface area contributed by atoms with E-state index in [0.717, 1.165) is 12.8 Å². The minimum atomic E-state index is -4.30. The fourth-order valence-electron chi connectivity index (χ4n) is 1.80. The van der Waals surface area contributed by atoms with Gasteiger partial charge in [-0.05, 0) is 30.5 Å². The molecule has 100 valence electrons. The molecule has 2 rings (SSSR count). The molecule has 0 heterocycles. The number of hydrogen-bond donors (Lipinski definition) is 1. The van der Waals surface area contributed by atoms with Gasteiger partial charge in [0.25, 0.3) is 0 Å². The third-order valence-electron chi connectivity index (χ3n) is 3.07. The SMILES string of the molecule is CN(C)c1ccc(CNC2CC2)c(C(F)(F)F)c1. The number of halogens is 3. The molecule has 2 nitrogen and oxygen atoms in total. The molecule has 0 radical (unpaired) electrons. The van der Waals surface area contributed by atoms with Gasteiger partial charge in [0.05, 0.1) is 5.56 Å². The lowest BCUT2D eigenvalue weighted by Gasteiger charge is -2.18. The maximum absolute atomic E-state index is 13.0. The maximum atomic E-state index is 13.0. The summed E-state index contributed by atoms with van der Waals surface area (Å²) in [6, 6.07) is 4.90. The quantitative estimate of drug-likeness (QED) is 0.893. The first-order valence-corrected chi connectivity index (χ1v) is 5.99. The van der Waals surface area contributed by atoms with Crippen LogP contribution in [0.5, 0.6) is 0 Å². The summed E-state index contributed by atoms with van der Waals surface area (Å²) in [6.07, 6.45) is -2.17. The monoisotopic (exact) mass is 258 g/mol. The van der Waals surface area contributed by atoms with Crippen LogP contribution in [0.3, 0.4) is 0 Å². The summed E-state index contributed by atoms with van der Waals surface area (Å²) in [5.41, 5.74) is 0.347.